The lowest BCUT2D eigenvalue weighted by Gasteiger charge is -1.95. The van der Waals surface area contributed by atoms with Crippen molar-refractivity contribution in [1.82, 2.24) is 14.8 Å². The molecule has 0 unspecified atom stereocenters. The first-order chi connectivity index (χ1) is 6.13. The summed E-state index contributed by atoms with van der Waals surface area (Å²) in [6, 6.07) is 0. The quantitative estimate of drug-likeness (QED) is 0.697. The number of nitrogens with zero attached hydrogens (tertiary/aromatic N) is 4. The van der Waals surface area contributed by atoms with Crippen LogP contribution in [0, 0.1) is 6.92 Å². The highest BCUT2D eigenvalue weighted by molar-refractivity contribution is 5.77. The van der Waals surface area contributed by atoms with Gasteiger partial charge < -0.3 is 5.73 Å². The molecule has 70 valence electrons. The first-order valence-corrected chi connectivity index (χ1v) is 4.03. The Bertz CT molecular complexity index is 336. The molecular weight excluding hydrogens is 166 g/mol. The molecule has 0 bridgehead atoms. The van der Waals surface area contributed by atoms with Gasteiger partial charge in [0.2, 0.25) is 5.95 Å². The van der Waals surface area contributed by atoms with Gasteiger partial charge in [-0.25, -0.2) is 9.67 Å². The molecule has 0 atom stereocenters. The van der Waals surface area contributed by atoms with Crippen molar-refractivity contribution in [3.05, 3.63) is 18.1 Å². The van der Waals surface area contributed by atoms with E-state index in [1.54, 1.807) is 4.68 Å². The highest BCUT2D eigenvalue weighted by Crippen LogP contribution is 2.07. The van der Waals surface area contributed by atoms with Crippen LogP contribution < -0.4 is 5.73 Å². The predicted molar refractivity (Wildman–Crippen MR) is 51.9 cm³/mol. The van der Waals surface area contributed by atoms with Crippen LogP contribution in [0.25, 0.3) is 0 Å². The van der Waals surface area contributed by atoms with E-state index in [0.29, 0.717) is 17.5 Å². The molecular formula is C8H13N5. The fraction of sp³-hybridized carbons (Fsp3) is 0.375. The Morgan fingerprint density at radius 3 is 3.00 bits per heavy atom. The summed E-state index contributed by atoms with van der Waals surface area (Å²) in [6.07, 6.45) is 1.47. The highest BCUT2D eigenvalue weighted by atomic mass is 15.4. The molecule has 1 aromatic rings. The first kappa shape index (κ1) is 9.44. The van der Waals surface area contributed by atoms with Gasteiger partial charge in [-0.15, -0.1) is 0 Å². The van der Waals surface area contributed by atoms with Crippen molar-refractivity contribution in [3.63, 3.8) is 0 Å². The lowest BCUT2D eigenvalue weighted by Crippen LogP contribution is -1.98. The molecule has 5 heteroatoms. The maximum atomic E-state index is 5.34. The Balaban J connectivity index is 2.92. The van der Waals surface area contributed by atoms with Gasteiger partial charge >= 0.3 is 0 Å². The molecule has 0 aromatic carbocycles. The molecule has 0 aliphatic rings. The topological polar surface area (TPSA) is 69.1 Å². The van der Waals surface area contributed by atoms with Crippen molar-refractivity contribution in [2.75, 3.05) is 0 Å². The molecule has 0 radical (unpaired) electrons. The first-order valence-electron chi connectivity index (χ1n) is 4.03. The second-order valence-electron chi connectivity index (χ2n) is 2.61. The molecule has 2 N–H and O–H groups in total. The summed E-state index contributed by atoms with van der Waals surface area (Å²) in [5.41, 5.74) is 5.74. The molecule has 1 rings (SSSR count). The van der Waals surface area contributed by atoms with E-state index in [1.165, 1.54) is 6.21 Å². The molecule has 0 saturated heterocycles. The number of aliphatic imine (C=N–C) groups is 1. The summed E-state index contributed by atoms with van der Waals surface area (Å²) in [7, 11) is 0. The summed E-state index contributed by atoms with van der Waals surface area (Å²) < 4.78 is 1.70. The van der Waals surface area contributed by atoms with E-state index in [9.17, 15) is 0 Å². The van der Waals surface area contributed by atoms with E-state index in [-0.39, 0.29) is 0 Å². The van der Waals surface area contributed by atoms with Crippen LogP contribution in [0.3, 0.4) is 0 Å². The molecule has 1 heterocycles. The third kappa shape index (κ3) is 2.40. The third-order valence-electron chi connectivity index (χ3n) is 1.40. The van der Waals surface area contributed by atoms with Crippen LogP contribution in [0.5, 0.6) is 0 Å². The Kier molecular flexibility index (Phi) is 2.79. The molecule has 0 aliphatic carbocycles. The van der Waals surface area contributed by atoms with Crippen LogP contribution in [-0.4, -0.2) is 21.0 Å². The zero-order chi connectivity index (χ0) is 9.84. The van der Waals surface area contributed by atoms with E-state index in [0.717, 1.165) is 6.54 Å². The predicted octanol–water partition coefficient (Wildman–Crippen LogP) is 0.781. The average Bonchev–Trinajstić information content (AvgIpc) is 2.42. The number of allylic oxidation sites excluding steroid dienone is 1. The Labute approximate surface area is 77.0 Å². The van der Waals surface area contributed by atoms with Gasteiger partial charge in [0.15, 0.2) is 0 Å². The second kappa shape index (κ2) is 3.84. The molecule has 0 spiro atoms. The van der Waals surface area contributed by atoms with Crippen molar-refractivity contribution < 1.29 is 0 Å². The number of hydrogen-bond acceptors (Lipinski definition) is 4. The van der Waals surface area contributed by atoms with Gasteiger partial charge in [0.1, 0.15) is 5.82 Å². The zero-order valence-corrected chi connectivity index (χ0v) is 7.86. The van der Waals surface area contributed by atoms with Gasteiger partial charge in [-0.05, 0) is 13.8 Å². The van der Waals surface area contributed by atoms with Gasteiger partial charge in [0, 0.05) is 12.2 Å². The zero-order valence-electron chi connectivity index (χ0n) is 7.86. The van der Waals surface area contributed by atoms with Crippen molar-refractivity contribution in [2.24, 2.45) is 10.7 Å². The van der Waals surface area contributed by atoms with Crippen LogP contribution in [0.15, 0.2) is 17.3 Å². The van der Waals surface area contributed by atoms with E-state index in [2.05, 4.69) is 21.7 Å². The minimum atomic E-state index is 0.406. The minimum absolute atomic E-state index is 0.406. The van der Waals surface area contributed by atoms with Crippen molar-refractivity contribution >= 4 is 12.2 Å². The van der Waals surface area contributed by atoms with Crippen LogP contribution in [0.2, 0.25) is 0 Å². The number of hydrogen-bond donors (Lipinski definition) is 1. The molecule has 0 saturated carbocycles. The normalized spacial score (nSPS) is 10.9. The van der Waals surface area contributed by atoms with Crippen LogP contribution >= 0.6 is 0 Å². The Morgan fingerprint density at radius 2 is 2.46 bits per heavy atom. The summed E-state index contributed by atoms with van der Waals surface area (Å²) >= 11 is 0. The number of nitrogens with two attached hydrogens (primary N) is 1. The van der Waals surface area contributed by atoms with E-state index >= 15 is 0 Å². The monoisotopic (exact) mass is 179 g/mol. The lowest BCUT2D eigenvalue weighted by molar-refractivity contribution is 0.657. The number of rotatable bonds is 3. The van der Waals surface area contributed by atoms with Crippen molar-refractivity contribution in [1.29, 1.82) is 0 Å². The van der Waals surface area contributed by atoms with Crippen LogP contribution in [-0.2, 0) is 6.54 Å². The summed E-state index contributed by atoms with van der Waals surface area (Å²) in [4.78, 5) is 8.15. The molecule has 13 heavy (non-hydrogen) atoms. The van der Waals surface area contributed by atoms with Crippen LogP contribution in [0.1, 0.15) is 12.7 Å². The summed E-state index contributed by atoms with van der Waals surface area (Å²) in [6.45, 7) is 8.04. The third-order valence-corrected chi connectivity index (χ3v) is 1.40. The fourth-order valence-electron chi connectivity index (χ4n) is 0.893. The van der Waals surface area contributed by atoms with E-state index < -0.39 is 0 Å². The SMILES string of the molecule is C=C(N)/C=N\c1nc(C)nn1CC. The minimum Gasteiger partial charge on any atom is -0.398 e. The Morgan fingerprint density at radius 1 is 1.77 bits per heavy atom. The van der Waals surface area contributed by atoms with Crippen molar-refractivity contribution in [2.45, 2.75) is 20.4 Å². The number of aryl methyl sites for hydroxylation is 2. The summed E-state index contributed by atoms with van der Waals surface area (Å²) in [5, 5.41) is 4.13. The van der Waals surface area contributed by atoms with Gasteiger partial charge in [-0.1, -0.05) is 6.58 Å². The Hall–Kier alpha value is -1.65. The van der Waals surface area contributed by atoms with Gasteiger partial charge in [-0.3, -0.25) is 0 Å². The highest BCUT2D eigenvalue weighted by Gasteiger charge is 2.02. The molecule has 0 aliphatic heterocycles. The van der Waals surface area contributed by atoms with Gasteiger partial charge in [-0.2, -0.15) is 10.1 Å². The summed E-state index contributed by atoms with van der Waals surface area (Å²) in [5.74, 6) is 1.27. The van der Waals surface area contributed by atoms with Gasteiger partial charge in [0.25, 0.3) is 0 Å². The largest absolute Gasteiger partial charge is 0.398 e. The molecule has 0 amide bonds. The molecule has 1 aromatic heterocycles. The molecule has 5 nitrogen and oxygen atoms in total. The molecule has 0 fully saturated rings. The van der Waals surface area contributed by atoms with E-state index in [1.807, 2.05) is 13.8 Å². The standard InChI is InChI=1S/C8H13N5/c1-4-13-8(10-5-6(2)9)11-7(3)12-13/h5H,2,4,9H2,1,3H3/b10-5-. The smallest absolute Gasteiger partial charge is 0.248 e. The average molecular weight is 179 g/mol. The van der Waals surface area contributed by atoms with E-state index in [4.69, 9.17) is 5.73 Å². The maximum Gasteiger partial charge on any atom is 0.248 e. The van der Waals surface area contributed by atoms with Crippen molar-refractivity contribution in [3.8, 4) is 0 Å². The maximum absolute atomic E-state index is 5.34. The van der Waals surface area contributed by atoms with Crippen LogP contribution in [0.4, 0.5) is 5.95 Å². The number of aromatic nitrogens is 3. The second-order valence-corrected chi connectivity index (χ2v) is 2.61. The van der Waals surface area contributed by atoms with Gasteiger partial charge in [0.05, 0.1) is 6.21 Å². The fourth-order valence-corrected chi connectivity index (χ4v) is 0.893. The lowest BCUT2D eigenvalue weighted by atomic mass is 10.6.